The van der Waals surface area contributed by atoms with Crippen LogP contribution in [0.5, 0.6) is 0 Å². The highest BCUT2D eigenvalue weighted by atomic mass is 35.5. The summed E-state index contributed by atoms with van der Waals surface area (Å²) in [6.45, 7) is 0. The van der Waals surface area contributed by atoms with E-state index in [-0.39, 0.29) is 0 Å². The number of halogens is 2. The standard InChI is InChI=1S/C17H20Cl2N2S/c18-14-7-6-13(17-20-9-10-21-17)15(19)16(14)22-11-8-12-4-2-1-3-5-12/h6-7,9-10,12H,1-5,8,11H2,(H,20,21). The van der Waals surface area contributed by atoms with Crippen molar-refractivity contribution in [2.45, 2.75) is 43.4 Å². The molecule has 1 heterocycles. The molecule has 1 fully saturated rings. The second-order valence-electron chi connectivity index (χ2n) is 5.82. The molecule has 0 spiro atoms. The predicted molar refractivity (Wildman–Crippen MR) is 96.0 cm³/mol. The van der Waals surface area contributed by atoms with Gasteiger partial charge in [-0.15, -0.1) is 11.8 Å². The van der Waals surface area contributed by atoms with Crippen molar-refractivity contribution in [3.8, 4) is 11.4 Å². The summed E-state index contributed by atoms with van der Waals surface area (Å²) in [5.41, 5.74) is 0.913. The van der Waals surface area contributed by atoms with Crippen molar-refractivity contribution in [1.82, 2.24) is 9.97 Å². The van der Waals surface area contributed by atoms with Gasteiger partial charge in [0.15, 0.2) is 0 Å². The van der Waals surface area contributed by atoms with Crippen LogP contribution in [0.4, 0.5) is 0 Å². The van der Waals surface area contributed by atoms with E-state index in [0.29, 0.717) is 5.02 Å². The molecule has 118 valence electrons. The van der Waals surface area contributed by atoms with Gasteiger partial charge in [0.2, 0.25) is 0 Å². The summed E-state index contributed by atoms with van der Waals surface area (Å²) in [6, 6.07) is 3.84. The molecule has 0 aliphatic heterocycles. The number of nitrogens with one attached hydrogen (secondary N) is 1. The molecule has 1 aromatic heterocycles. The molecule has 22 heavy (non-hydrogen) atoms. The molecule has 1 aliphatic carbocycles. The van der Waals surface area contributed by atoms with Crippen LogP contribution in [0.1, 0.15) is 38.5 Å². The van der Waals surface area contributed by atoms with E-state index in [2.05, 4.69) is 9.97 Å². The Kier molecular flexibility index (Phi) is 5.72. The Labute approximate surface area is 146 Å². The molecule has 3 rings (SSSR count). The molecule has 0 amide bonds. The number of thioether (sulfide) groups is 1. The molecule has 0 atom stereocenters. The molecular formula is C17H20Cl2N2S. The van der Waals surface area contributed by atoms with Gasteiger partial charge in [-0.2, -0.15) is 0 Å². The first-order chi connectivity index (χ1) is 10.8. The molecule has 1 saturated carbocycles. The van der Waals surface area contributed by atoms with Crippen molar-refractivity contribution >= 4 is 35.0 Å². The maximum Gasteiger partial charge on any atom is 0.138 e. The zero-order valence-corrected chi connectivity index (χ0v) is 14.8. The fourth-order valence-electron chi connectivity index (χ4n) is 3.06. The van der Waals surface area contributed by atoms with E-state index in [1.165, 1.54) is 38.5 Å². The zero-order chi connectivity index (χ0) is 15.4. The fraction of sp³-hybridized carbons (Fsp3) is 0.471. The Bertz CT molecular complexity index is 607. The van der Waals surface area contributed by atoms with Gasteiger partial charge >= 0.3 is 0 Å². The predicted octanol–water partition coefficient (Wildman–Crippen LogP) is 6.45. The zero-order valence-electron chi connectivity index (χ0n) is 12.4. The normalized spacial score (nSPS) is 16.1. The van der Waals surface area contributed by atoms with Crippen LogP contribution in [-0.2, 0) is 0 Å². The Balaban J connectivity index is 1.68. The van der Waals surface area contributed by atoms with Crippen molar-refractivity contribution in [1.29, 1.82) is 0 Å². The van der Waals surface area contributed by atoms with Gasteiger partial charge < -0.3 is 4.98 Å². The van der Waals surface area contributed by atoms with E-state index < -0.39 is 0 Å². The van der Waals surface area contributed by atoms with Crippen molar-refractivity contribution in [3.05, 3.63) is 34.6 Å². The van der Waals surface area contributed by atoms with Crippen molar-refractivity contribution in [2.24, 2.45) is 5.92 Å². The molecule has 2 nitrogen and oxygen atoms in total. The van der Waals surface area contributed by atoms with Gasteiger partial charge in [0.05, 0.1) is 10.0 Å². The van der Waals surface area contributed by atoms with Crippen LogP contribution in [0.2, 0.25) is 10.0 Å². The maximum absolute atomic E-state index is 6.56. The number of H-pyrrole nitrogens is 1. The minimum atomic E-state index is 0.705. The van der Waals surface area contributed by atoms with Crippen LogP contribution in [0, 0.1) is 5.92 Å². The average molecular weight is 355 g/mol. The van der Waals surface area contributed by atoms with Crippen LogP contribution in [-0.4, -0.2) is 15.7 Å². The van der Waals surface area contributed by atoms with E-state index >= 15 is 0 Å². The van der Waals surface area contributed by atoms with Gasteiger partial charge in [-0.25, -0.2) is 4.98 Å². The second-order valence-corrected chi connectivity index (χ2v) is 7.71. The van der Waals surface area contributed by atoms with Gasteiger partial charge in [0.1, 0.15) is 5.82 Å². The van der Waals surface area contributed by atoms with Crippen LogP contribution in [0.25, 0.3) is 11.4 Å². The summed E-state index contributed by atoms with van der Waals surface area (Å²) < 4.78 is 0. The average Bonchev–Trinajstić information content (AvgIpc) is 3.06. The quantitative estimate of drug-likeness (QED) is 0.625. The molecule has 1 aliphatic rings. The largest absolute Gasteiger partial charge is 0.345 e. The van der Waals surface area contributed by atoms with Crippen LogP contribution in [0.3, 0.4) is 0 Å². The molecule has 0 saturated heterocycles. The van der Waals surface area contributed by atoms with Gasteiger partial charge in [0.25, 0.3) is 0 Å². The summed E-state index contributed by atoms with van der Waals surface area (Å²) in [6.07, 6.45) is 11.7. The number of rotatable bonds is 5. The molecule has 5 heteroatoms. The lowest BCUT2D eigenvalue weighted by molar-refractivity contribution is 0.351. The molecular weight excluding hydrogens is 335 g/mol. The lowest BCUT2D eigenvalue weighted by atomic mass is 9.88. The fourth-order valence-corrected chi connectivity index (χ4v) is 4.95. The highest BCUT2D eigenvalue weighted by Crippen LogP contribution is 2.40. The molecule has 2 aromatic rings. The van der Waals surface area contributed by atoms with E-state index in [4.69, 9.17) is 23.2 Å². The van der Waals surface area contributed by atoms with E-state index in [0.717, 1.165) is 33.0 Å². The number of hydrogen-bond donors (Lipinski definition) is 1. The van der Waals surface area contributed by atoms with Gasteiger partial charge in [-0.3, -0.25) is 0 Å². The first-order valence-electron chi connectivity index (χ1n) is 7.86. The number of nitrogens with zero attached hydrogens (tertiary/aromatic N) is 1. The van der Waals surface area contributed by atoms with Crippen molar-refractivity contribution in [3.63, 3.8) is 0 Å². The molecule has 0 bridgehead atoms. The highest BCUT2D eigenvalue weighted by Gasteiger charge is 2.16. The summed E-state index contributed by atoms with van der Waals surface area (Å²) in [7, 11) is 0. The Hall–Kier alpha value is -0.640. The number of hydrogen-bond acceptors (Lipinski definition) is 2. The Morgan fingerprint density at radius 3 is 2.73 bits per heavy atom. The molecule has 1 N–H and O–H groups in total. The first kappa shape index (κ1) is 16.2. The number of aromatic amines is 1. The maximum atomic E-state index is 6.56. The summed E-state index contributed by atoms with van der Waals surface area (Å²) in [5, 5.41) is 1.44. The molecule has 1 aromatic carbocycles. The minimum Gasteiger partial charge on any atom is -0.345 e. The minimum absolute atomic E-state index is 0.705. The van der Waals surface area contributed by atoms with Crippen molar-refractivity contribution < 1.29 is 0 Å². The third-order valence-electron chi connectivity index (χ3n) is 4.30. The number of aromatic nitrogens is 2. The van der Waals surface area contributed by atoms with Crippen LogP contribution < -0.4 is 0 Å². The monoisotopic (exact) mass is 354 g/mol. The third kappa shape index (κ3) is 3.81. The summed E-state index contributed by atoms with van der Waals surface area (Å²) in [5.74, 6) is 2.74. The Morgan fingerprint density at radius 2 is 2.00 bits per heavy atom. The Morgan fingerprint density at radius 1 is 1.18 bits per heavy atom. The first-order valence-corrected chi connectivity index (χ1v) is 9.60. The lowest BCUT2D eigenvalue weighted by Crippen LogP contribution is -2.06. The van der Waals surface area contributed by atoms with Crippen molar-refractivity contribution in [2.75, 3.05) is 5.75 Å². The summed E-state index contributed by atoms with van der Waals surface area (Å²) >= 11 is 14.7. The summed E-state index contributed by atoms with van der Waals surface area (Å²) in [4.78, 5) is 8.36. The topological polar surface area (TPSA) is 28.7 Å². The SMILES string of the molecule is Clc1ccc(-c2ncc[nH]2)c(Cl)c1SCCC1CCCCC1. The molecule has 0 unspecified atom stereocenters. The van der Waals surface area contributed by atoms with E-state index in [1.54, 1.807) is 24.2 Å². The van der Waals surface area contributed by atoms with Crippen LogP contribution in [0.15, 0.2) is 29.4 Å². The van der Waals surface area contributed by atoms with Gasteiger partial charge in [-0.05, 0) is 30.2 Å². The lowest BCUT2D eigenvalue weighted by Gasteiger charge is -2.21. The van der Waals surface area contributed by atoms with Crippen LogP contribution >= 0.6 is 35.0 Å². The second kappa shape index (κ2) is 7.76. The van der Waals surface area contributed by atoms with E-state index in [9.17, 15) is 0 Å². The van der Waals surface area contributed by atoms with Gasteiger partial charge in [-0.1, -0.05) is 55.3 Å². The smallest absolute Gasteiger partial charge is 0.138 e. The van der Waals surface area contributed by atoms with Gasteiger partial charge in [0, 0.05) is 22.9 Å². The van der Waals surface area contributed by atoms with E-state index in [1.807, 2.05) is 12.1 Å². The highest BCUT2D eigenvalue weighted by molar-refractivity contribution is 7.99. The third-order valence-corrected chi connectivity index (χ3v) is 6.38. The number of benzene rings is 1. The number of imidazole rings is 1. The molecule has 0 radical (unpaired) electrons.